The highest BCUT2D eigenvalue weighted by Crippen LogP contribution is 2.32. The van der Waals surface area contributed by atoms with Crippen LogP contribution in [0.2, 0.25) is 5.02 Å². The third-order valence-corrected chi connectivity index (χ3v) is 5.88. The zero-order chi connectivity index (χ0) is 19.8. The molecule has 0 bridgehead atoms. The van der Waals surface area contributed by atoms with E-state index < -0.39 is 0 Å². The zero-order valence-electron chi connectivity index (χ0n) is 15.8. The number of fused-ring (bicyclic) bond motifs is 1. The molecule has 0 atom stereocenters. The number of likely N-dealkylation sites (N-methyl/N-ethyl adjacent to an activating group) is 1. The molecular formula is C21H21BrClN3O2. The minimum atomic E-state index is -0.275. The lowest BCUT2D eigenvalue weighted by molar-refractivity contribution is 0.0998. The van der Waals surface area contributed by atoms with Crippen LogP contribution in [0.1, 0.15) is 16.1 Å². The van der Waals surface area contributed by atoms with Crippen molar-refractivity contribution in [1.82, 2.24) is 4.90 Å². The van der Waals surface area contributed by atoms with Crippen LogP contribution in [0.4, 0.5) is 11.4 Å². The largest absolute Gasteiger partial charge is 0.451 e. The molecule has 146 valence electrons. The Bertz CT molecular complexity index is 1040. The number of carbonyl (C=O) groups excluding carboxylic acids is 1. The Kier molecular flexibility index (Phi) is 5.36. The molecule has 1 fully saturated rings. The number of piperazine rings is 1. The van der Waals surface area contributed by atoms with Gasteiger partial charge in [0.05, 0.1) is 11.4 Å². The van der Waals surface area contributed by atoms with Gasteiger partial charge in [0.2, 0.25) is 0 Å². The maximum absolute atomic E-state index is 13.0. The van der Waals surface area contributed by atoms with Gasteiger partial charge in [-0.25, -0.2) is 0 Å². The van der Waals surface area contributed by atoms with Crippen molar-refractivity contribution >= 4 is 55.8 Å². The fraction of sp³-hybridized carbons (Fsp3) is 0.286. The molecular weight excluding hydrogens is 442 g/mol. The fourth-order valence-corrected chi connectivity index (χ4v) is 4.05. The lowest BCUT2D eigenvalue weighted by Gasteiger charge is -2.35. The quantitative estimate of drug-likeness (QED) is 0.584. The van der Waals surface area contributed by atoms with Crippen LogP contribution in [0, 0.1) is 6.92 Å². The summed E-state index contributed by atoms with van der Waals surface area (Å²) < 4.78 is 6.78. The molecule has 0 unspecified atom stereocenters. The van der Waals surface area contributed by atoms with Gasteiger partial charge >= 0.3 is 0 Å². The summed E-state index contributed by atoms with van der Waals surface area (Å²) >= 11 is 9.68. The van der Waals surface area contributed by atoms with Crippen molar-refractivity contribution in [3.63, 3.8) is 0 Å². The second-order valence-corrected chi connectivity index (χ2v) is 8.45. The van der Waals surface area contributed by atoms with Crippen LogP contribution in [-0.4, -0.2) is 44.0 Å². The van der Waals surface area contributed by atoms with E-state index in [-0.39, 0.29) is 5.91 Å². The molecule has 2 heterocycles. The molecule has 1 saturated heterocycles. The van der Waals surface area contributed by atoms with E-state index in [1.54, 1.807) is 6.07 Å². The van der Waals surface area contributed by atoms with Crippen LogP contribution in [0.5, 0.6) is 0 Å². The van der Waals surface area contributed by atoms with Gasteiger partial charge in [0, 0.05) is 46.6 Å². The summed E-state index contributed by atoms with van der Waals surface area (Å²) in [4.78, 5) is 17.6. The van der Waals surface area contributed by atoms with Gasteiger partial charge in [0.1, 0.15) is 5.58 Å². The van der Waals surface area contributed by atoms with Gasteiger partial charge in [-0.3, -0.25) is 4.79 Å². The number of carbonyl (C=O) groups is 1. The third kappa shape index (κ3) is 3.77. The maximum atomic E-state index is 13.0. The molecule has 0 spiro atoms. The number of hydrogen-bond acceptors (Lipinski definition) is 4. The van der Waals surface area contributed by atoms with Crippen LogP contribution in [0.15, 0.2) is 45.3 Å². The Morgan fingerprint density at radius 2 is 1.89 bits per heavy atom. The molecule has 0 radical (unpaired) electrons. The van der Waals surface area contributed by atoms with Crippen molar-refractivity contribution in [2.45, 2.75) is 6.92 Å². The SMILES string of the molecule is Cc1c(C(=O)Nc2cc(Cl)ccc2N2CCN(C)CC2)oc2ccc(Br)cc12. The Morgan fingerprint density at radius 1 is 1.14 bits per heavy atom. The van der Waals surface area contributed by atoms with Crippen molar-refractivity contribution < 1.29 is 9.21 Å². The molecule has 1 aromatic heterocycles. The van der Waals surface area contributed by atoms with Crippen LogP contribution in [0.25, 0.3) is 11.0 Å². The normalized spacial score (nSPS) is 15.2. The minimum Gasteiger partial charge on any atom is -0.451 e. The highest BCUT2D eigenvalue weighted by Gasteiger charge is 2.22. The van der Waals surface area contributed by atoms with Gasteiger partial charge in [0.15, 0.2) is 5.76 Å². The molecule has 0 saturated carbocycles. The molecule has 7 heteroatoms. The van der Waals surface area contributed by atoms with Gasteiger partial charge in [-0.1, -0.05) is 27.5 Å². The number of nitrogens with one attached hydrogen (secondary N) is 1. The summed E-state index contributed by atoms with van der Waals surface area (Å²) in [6.45, 7) is 5.66. The molecule has 3 aromatic rings. The van der Waals surface area contributed by atoms with Crippen LogP contribution in [-0.2, 0) is 0 Å². The summed E-state index contributed by atoms with van der Waals surface area (Å²) in [5.41, 5.74) is 3.18. The number of anilines is 2. The first-order valence-corrected chi connectivity index (χ1v) is 10.3. The van der Waals surface area contributed by atoms with Crippen LogP contribution < -0.4 is 10.2 Å². The Labute approximate surface area is 177 Å². The molecule has 2 aromatic carbocycles. The molecule has 1 aliphatic rings. The molecule has 5 nitrogen and oxygen atoms in total. The molecule has 4 rings (SSSR count). The summed E-state index contributed by atoms with van der Waals surface area (Å²) in [7, 11) is 2.12. The van der Waals surface area contributed by atoms with Crippen molar-refractivity contribution in [2.24, 2.45) is 0 Å². The van der Waals surface area contributed by atoms with Crippen LogP contribution >= 0.6 is 27.5 Å². The van der Waals surface area contributed by atoms with Gasteiger partial charge in [-0.05, 0) is 50.4 Å². The highest BCUT2D eigenvalue weighted by atomic mass is 79.9. The molecule has 1 N–H and O–H groups in total. The van der Waals surface area contributed by atoms with E-state index >= 15 is 0 Å². The number of nitrogens with zero attached hydrogens (tertiary/aromatic N) is 2. The first-order valence-electron chi connectivity index (χ1n) is 9.15. The lowest BCUT2D eigenvalue weighted by atomic mass is 10.1. The topological polar surface area (TPSA) is 48.7 Å². The average molecular weight is 463 g/mol. The number of aryl methyl sites for hydroxylation is 1. The van der Waals surface area contributed by atoms with Crippen molar-refractivity contribution in [1.29, 1.82) is 0 Å². The van der Waals surface area contributed by atoms with Crippen LogP contribution in [0.3, 0.4) is 0 Å². The summed E-state index contributed by atoms with van der Waals surface area (Å²) in [6, 6.07) is 11.3. The number of rotatable bonds is 3. The maximum Gasteiger partial charge on any atom is 0.291 e. The predicted octanol–water partition coefficient (Wildman–Crippen LogP) is 5.16. The molecule has 28 heavy (non-hydrogen) atoms. The highest BCUT2D eigenvalue weighted by molar-refractivity contribution is 9.10. The van der Waals surface area contributed by atoms with E-state index in [1.165, 1.54) is 0 Å². The van der Waals surface area contributed by atoms with E-state index in [0.717, 1.165) is 47.3 Å². The smallest absolute Gasteiger partial charge is 0.291 e. The van der Waals surface area contributed by atoms with Gasteiger partial charge in [-0.15, -0.1) is 0 Å². The monoisotopic (exact) mass is 461 g/mol. The number of amides is 1. The van der Waals surface area contributed by atoms with Crippen molar-refractivity contribution in [3.05, 3.63) is 57.2 Å². The van der Waals surface area contributed by atoms with E-state index in [0.29, 0.717) is 22.1 Å². The minimum absolute atomic E-state index is 0.275. The van der Waals surface area contributed by atoms with Gasteiger partial charge < -0.3 is 19.5 Å². The van der Waals surface area contributed by atoms with Crippen molar-refractivity contribution in [2.75, 3.05) is 43.4 Å². The third-order valence-electron chi connectivity index (χ3n) is 5.16. The molecule has 0 aliphatic carbocycles. The van der Waals surface area contributed by atoms with Gasteiger partial charge in [-0.2, -0.15) is 0 Å². The predicted molar refractivity (Wildman–Crippen MR) is 118 cm³/mol. The number of halogens is 2. The van der Waals surface area contributed by atoms with Gasteiger partial charge in [0.25, 0.3) is 5.91 Å². The average Bonchev–Trinajstić information content (AvgIpc) is 2.99. The first kappa shape index (κ1) is 19.3. The molecule has 1 aliphatic heterocycles. The lowest BCUT2D eigenvalue weighted by Crippen LogP contribution is -2.44. The van der Waals surface area contributed by atoms with E-state index in [2.05, 4.69) is 38.1 Å². The van der Waals surface area contributed by atoms with E-state index in [9.17, 15) is 4.79 Å². The fourth-order valence-electron chi connectivity index (χ4n) is 3.52. The number of furan rings is 1. The number of benzene rings is 2. The Hall–Kier alpha value is -2.02. The standard InChI is InChI=1S/C21H21BrClN3O2/c1-13-16-11-14(22)3-6-19(16)28-20(13)21(27)24-17-12-15(23)4-5-18(17)26-9-7-25(2)8-10-26/h3-6,11-12H,7-10H2,1-2H3,(H,24,27). The zero-order valence-corrected chi connectivity index (χ0v) is 18.1. The first-order chi connectivity index (χ1) is 13.4. The Balaban J connectivity index is 1.65. The molecule has 1 amide bonds. The number of hydrogen-bond donors (Lipinski definition) is 1. The van der Waals surface area contributed by atoms with E-state index in [1.807, 2.05) is 37.3 Å². The Morgan fingerprint density at radius 3 is 2.64 bits per heavy atom. The summed E-state index contributed by atoms with van der Waals surface area (Å²) in [6.07, 6.45) is 0. The van der Waals surface area contributed by atoms with Crippen molar-refractivity contribution in [3.8, 4) is 0 Å². The second kappa shape index (κ2) is 7.78. The second-order valence-electron chi connectivity index (χ2n) is 7.10. The summed E-state index contributed by atoms with van der Waals surface area (Å²) in [5, 5.41) is 4.51. The summed E-state index contributed by atoms with van der Waals surface area (Å²) in [5.74, 6) is 0.0415. The van der Waals surface area contributed by atoms with E-state index in [4.69, 9.17) is 16.0 Å².